The largest absolute Gasteiger partial charge is 0.468 e. The molecule has 0 amide bonds. The summed E-state index contributed by atoms with van der Waals surface area (Å²) in [6.45, 7) is 0. The molecule has 5 heteroatoms. The molecule has 0 aliphatic carbocycles. The van der Waals surface area contributed by atoms with Crippen molar-refractivity contribution < 1.29 is 9.53 Å². The summed E-state index contributed by atoms with van der Waals surface area (Å²) in [7, 11) is 3.19. The minimum Gasteiger partial charge on any atom is -0.468 e. The molecule has 0 saturated carbocycles. The fourth-order valence-electron chi connectivity index (χ4n) is 1.17. The highest BCUT2D eigenvalue weighted by Gasteiger charge is 2.13. The molecule has 1 heterocycles. The Morgan fingerprint density at radius 2 is 2.50 bits per heavy atom. The molecule has 0 aliphatic rings. The second-order valence-electron chi connectivity index (χ2n) is 3.15. The lowest BCUT2D eigenvalue weighted by Gasteiger charge is -2.06. The summed E-state index contributed by atoms with van der Waals surface area (Å²) < 4.78 is 6.24. The molecule has 0 saturated heterocycles. The van der Waals surface area contributed by atoms with Crippen LogP contribution in [-0.2, 0) is 23.0 Å². The van der Waals surface area contributed by atoms with E-state index in [9.17, 15) is 4.79 Å². The van der Waals surface area contributed by atoms with E-state index in [0.29, 0.717) is 12.8 Å². The van der Waals surface area contributed by atoms with Crippen LogP contribution in [0.5, 0.6) is 0 Å². The third kappa shape index (κ3) is 2.85. The molecule has 14 heavy (non-hydrogen) atoms. The van der Waals surface area contributed by atoms with Crippen molar-refractivity contribution in [1.29, 1.82) is 0 Å². The van der Waals surface area contributed by atoms with E-state index in [1.165, 1.54) is 7.11 Å². The minimum absolute atomic E-state index is 0.374. The van der Waals surface area contributed by atoms with Crippen LogP contribution >= 0.6 is 0 Å². The average Bonchev–Trinajstić information content (AvgIpc) is 2.59. The number of hydrogen-bond donors (Lipinski definition) is 1. The zero-order chi connectivity index (χ0) is 10.6. The van der Waals surface area contributed by atoms with E-state index >= 15 is 0 Å². The van der Waals surface area contributed by atoms with Gasteiger partial charge in [-0.2, -0.15) is 5.10 Å². The van der Waals surface area contributed by atoms with E-state index in [2.05, 4.69) is 9.84 Å². The number of aryl methyl sites for hydroxylation is 2. The maximum absolute atomic E-state index is 11.0. The maximum Gasteiger partial charge on any atom is 0.322 e. The van der Waals surface area contributed by atoms with Crippen molar-refractivity contribution in [2.75, 3.05) is 7.11 Å². The van der Waals surface area contributed by atoms with Crippen LogP contribution in [0, 0.1) is 0 Å². The van der Waals surface area contributed by atoms with E-state index in [4.69, 9.17) is 5.73 Å². The molecular formula is C9H15N3O2. The quantitative estimate of drug-likeness (QED) is 0.682. The Labute approximate surface area is 82.8 Å². The summed E-state index contributed by atoms with van der Waals surface area (Å²) in [6.07, 6.45) is 3.11. The molecule has 1 aromatic rings. The number of hydrogen-bond acceptors (Lipinski definition) is 4. The predicted octanol–water partition coefficient (Wildman–Crippen LogP) is -0.147. The molecule has 0 radical (unpaired) electrons. The third-order valence-corrected chi connectivity index (χ3v) is 1.98. The number of nitrogens with two attached hydrogens (primary N) is 1. The molecule has 1 unspecified atom stereocenters. The molecule has 78 valence electrons. The van der Waals surface area contributed by atoms with Crippen LogP contribution in [-0.4, -0.2) is 28.9 Å². The van der Waals surface area contributed by atoms with E-state index in [1.807, 2.05) is 19.3 Å². The van der Waals surface area contributed by atoms with Gasteiger partial charge < -0.3 is 10.5 Å². The maximum atomic E-state index is 11.0. The zero-order valence-corrected chi connectivity index (χ0v) is 8.43. The van der Waals surface area contributed by atoms with Gasteiger partial charge in [-0.05, 0) is 18.9 Å². The van der Waals surface area contributed by atoms with Gasteiger partial charge >= 0.3 is 5.97 Å². The Morgan fingerprint density at radius 3 is 3.00 bits per heavy atom. The van der Waals surface area contributed by atoms with Crippen molar-refractivity contribution in [2.45, 2.75) is 18.9 Å². The van der Waals surface area contributed by atoms with Gasteiger partial charge in [-0.25, -0.2) is 0 Å². The van der Waals surface area contributed by atoms with Gasteiger partial charge in [0.05, 0.1) is 12.8 Å². The lowest BCUT2D eigenvalue weighted by Crippen LogP contribution is -2.31. The van der Waals surface area contributed by atoms with Crippen LogP contribution in [0.15, 0.2) is 12.3 Å². The summed E-state index contributed by atoms with van der Waals surface area (Å²) in [5.74, 6) is -0.374. The van der Waals surface area contributed by atoms with Crippen LogP contribution in [0.2, 0.25) is 0 Å². The van der Waals surface area contributed by atoms with Gasteiger partial charge in [-0.1, -0.05) is 0 Å². The van der Waals surface area contributed by atoms with Gasteiger partial charge in [0.25, 0.3) is 0 Å². The highest BCUT2D eigenvalue weighted by atomic mass is 16.5. The number of rotatable bonds is 4. The smallest absolute Gasteiger partial charge is 0.322 e. The fourth-order valence-corrected chi connectivity index (χ4v) is 1.17. The number of carbonyl (C=O) groups excluding carboxylic acids is 1. The molecule has 0 bridgehead atoms. The fraction of sp³-hybridized carbons (Fsp3) is 0.556. The number of carbonyl (C=O) groups is 1. The second-order valence-corrected chi connectivity index (χ2v) is 3.15. The molecule has 1 rings (SSSR count). The van der Waals surface area contributed by atoms with Crippen molar-refractivity contribution in [2.24, 2.45) is 12.8 Å². The summed E-state index contributed by atoms with van der Waals surface area (Å²) in [6, 6.07) is 1.35. The molecule has 5 nitrogen and oxygen atoms in total. The molecule has 0 aromatic carbocycles. The van der Waals surface area contributed by atoms with Crippen LogP contribution in [0.1, 0.15) is 12.1 Å². The third-order valence-electron chi connectivity index (χ3n) is 1.98. The van der Waals surface area contributed by atoms with Gasteiger partial charge in [0.15, 0.2) is 0 Å². The van der Waals surface area contributed by atoms with Gasteiger partial charge in [0, 0.05) is 13.2 Å². The van der Waals surface area contributed by atoms with Crippen molar-refractivity contribution in [3.8, 4) is 0 Å². The first-order valence-corrected chi connectivity index (χ1v) is 4.45. The summed E-state index contributed by atoms with van der Waals surface area (Å²) in [5, 5.41) is 4.18. The summed E-state index contributed by atoms with van der Waals surface area (Å²) in [4.78, 5) is 11.0. The number of ether oxygens (including phenoxy) is 1. The Hall–Kier alpha value is -1.36. The molecule has 2 N–H and O–H groups in total. The van der Waals surface area contributed by atoms with Gasteiger partial charge in [0.1, 0.15) is 6.04 Å². The Balaban J connectivity index is 2.37. The molecule has 1 atom stereocenters. The van der Waals surface area contributed by atoms with Crippen molar-refractivity contribution in [1.82, 2.24) is 9.78 Å². The van der Waals surface area contributed by atoms with Crippen molar-refractivity contribution in [3.63, 3.8) is 0 Å². The first-order chi connectivity index (χ1) is 6.63. The molecule has 0 fully saturated rings. The van der Waals surface area contributed by atoms with Crippen molar-refractivity contribution in [3.05, 3.63) is 18.0 Å². The molecular weight excluding hydrogens is 182 g/mol. The average molecular weight is 197 g/mol. The summed E-state index contributed by atoms with van der Waals surface area (Å²) >= 11 is 0. The number of nitrogens with zero attached hydrogens (tertiary/aromatic N) is 2. The molecule has 1 aromatic heterocycles. The zero-order valence-electron chi connectivity index (χ0n) is 8.43. The highest BCUT2D eigenvalue weighted by molar-refractivity contribution is 5.75. The Morgan fingerprint density at radius 1 is 1.79 bits per heavy atom. The lowest BCUT2D eigenvalue weighted by molar-refractivity contribution is -0.142. The number of aromatic nitrogens is 2. The Kier molecular flexibility index (Phi) is 3.64. The topological polar surface area (TPSA) is 70.1 Å². The standard InChI is InChI=1S/C9H15N3O2/c1-12-6-5-7(11-12)3-4-8(10)9(13)14-2/h5-6,8H,3-4,10H2,1-2H3. The van der Waals surface area contributed by atoms with Crippen LogP contribution in [0.3, 0.4) is 0 Å². The number of esters is 1. The monoisotopic (exact) mass is 197 g/mol. The van der Waals surface area contributed by atoms with Crippen LogP contribution in [0.25, 0.3) is 0 Å². The summed E-state index contributed by atoms with van der Waals surface area (Å²) in [5.41, 5.74) is 6.51. The van der Waals surface area contributed by atoms with Crippen LogP contribution < -0.4 is 5.73 Å². The van der Waals surface area contributed by atoms with Crippen molar-refractivity contribution >= 4 is 5.97 Å². The van der Waals surface area contributed by atoms with Gasteiger partial charge in [-0.3, -0.25) is 9.48 Å². The molecule has 0 aliphatic heterocycles. The second kappa shape index (κ2) is 4.76. The predicted molar refractivity (Wildman–Crippen MR) is 51.5 cm³/mol. The highest BCUT2D eigenvalue weighted by Crippen LogP contribution is 2.01. The number of methoxy groups -OCH3 is 1. The lowest BCUT2D eigenvalue weighted by atomic mass is 10.1. The SMILES string of the molecule is COC(=O)C(N)CCc1ccn(C)n1. The van der Waals surface area contributed by atoms with Gasteiger partial charge in [-0.15, -0.1) is 0 Å². The van der Waals surface area contributed by atoms with E-state index in [1.54, 1.807) is 4.68 Å². The first kappa shape index (κ1) is 10.7. The first-order valence-electron chi connectivity index (χ1n) is 4.45. The van der Waals surface area contributed by atoms with Gasteiger partial charge in [0.2, 0.25) is 0 Å². The molecule has 0 spiro atoms. The minimum atomic E-state index is -0.554. The van der Waals surface area contributed by atoms with Crippen LogP contribution in [0.4, 0.5) is 0 Å². The van der Waals surface area contributed by atoms with E-state index in [0.717, 1.165) is 5.69 Å². The Bertz CT molecular complexity index is 309. The normalized spacial score (nSPS) is 12.5. The van der Waals surface area contributed by atoms with E-state index < -0.39 is 6.04 Å². The van der Waals surface area contributed by atoms with E-state index in [-0.39, 0.29) is 5.97 Å².